The lowest BCUT2D eigenvalue weighted by Gasteiger charge is -1.94. The lowest BCUT2D eigenvalue weighted by atomic mass is 10.3. The Hall–Kier alpha value is -1.58. The van der Waals surface area contributed by atoms with E-state index in [1.54, 1.807) is 16.9 Å². The van der Waals surface area contributed by atoms with Gasteiger partial charge in [-0.25, -0.2) is 0 Å². The van der Waals surface area contributed by atoms with E-state index < -0.39 is 0 Å². The van der Waals surface area contributed by atoms with Crippen LogP contribution in [0, 0.1) is 5.21 Å². The molecule has 0 atom stereocenters. The summed E-state index contributed by atoms with van der Waals surface area (Å²) in [6.45, 7) is 0. The van der Waals surface area contributed by atoms with E-state index in [0.29, 0.717) is 0 Å². The first-order chi connectivity index (χ1) is 5.27. The molecule has 2 aromatic heterocycles. The Kier molecular flexibility index (Phi) is 1.09. The van der Waals surface area contributed by atoms with Crippen LogP contribution < -0.4 is 4.73 Å². The fourth-order valence-electron chi connectivity index (χ4n) is 1.09. The highest BCUT2D eigenvalue weighted by Crippen LogP contribution is 2.07. The van der Waals surface area contributed by atoms with Gasteiger partial charge in [-0.15, -0.1) is 0 Å². The van der Waals surface area contributed by atoms with Gasteiger partial charge in [-0.2, -0.15) is 9.83 Å². The number of rotatable bonds is 0. The number of aryl methyl sites for hydroxylation is 1. The third kappa shape index (κ3) is 0.832. The molecular weight excluding hydrogens is 142 g/mol. The second kappa shape index (κ2) is 1.95. The van der Waals surface area contributed by atoms with E-state index in [1.807, 2.05) is 7.05 Å². The topological polar surface area (TPSA) is 44.8 Å². The van der Waals surface area contributed by atoms with Crippen LogP contribution in [0.3, 0.4) is 0 Å². The molecule has 0 aromatic carbocycles. The summed E-state index contributed by atoms with van der Waals surface area (Å²) in [5.74, 6) is 0. The molecule has 0 radical (unpaired) electrons. The van der Waals surface area contributed by atoms with Crippen LogP contribution in [-0.2, 0) is 7.05 Å². The summed E-state index contributed by atoms with van der Waals surface area (Å²) in [6, 6.07) is 1.75. The van der Waals surface area contributed by atoms with Crippen LogP contribution in [0.25, 0.3) is 10.9 Å². The predicted molar refractivity (Wildman–Crippen MR) is 39.7 cm³/mol. The molecule has 4 heteroatoms. The van der Waals surface area contributed by atoms with Gasteiger partial charge in [0.1, 0.15) is 0 Å². The predicted octanol–water partition coefficient (Wildman–Crippen LogP) is 0.207. The minimum atomic E-state index is 0.768. The van der Waals surface area contributed by atoms with E-state index in [9.17, 15) is 5.21 Å². The SMILES string of the molecule is Cn1ncc2c[n+]([O-])ccc21. The highest BCUT2D eigenvalue weighted by molar-refractivity contribution is 5.76. The van der Waals surface area contributed by atoms with Gasteiger partial charge in [0.2, 0.25) is 0 Å². The molecule has 0 fully saturated rings. The van der Waals surface area contributed by atoms with Crippen molar-refractivity contribution in [1.82, 2.24) is 9.78 Å². The Morgan fingerprint density at radius 2 is 2.45 bits per heavy atom. The molecule has 0 aliphatic heterocycles. The minimum Gasteiger partial charge on any atom is -0.619 e. The molecule has 56 valence electrons. The van der Waals surface area contributed by atoms with Gasteiger partial charge in [0.25, 0.3) is 0 Å². The van der Waals surface area contributed by atoms with Gasteiger partial charge >= 0.3 is 0 Å². The molecule has 4 nitrogen and oxygen atoms in total. The second-order valence-corrected chi connectivity index (χ2v) is 2.41. The first-order valence-corrected chi connectivity index (χ1v) is 3.28. The average Bonchev–Trinajstić information content (AvgIpc) is 2.32. The quantitative estimate of drug-likeness (QED) is 0.397. The van der Waals surface area contributed by atoms with Gasteiger partial charge in [-0.05, 0) is 0 Å². The largest absolute Gasteiger partial charge is 0.619 e. The van der Waals surface area contributed by atoms with Crippen molar-refractivity contribution in [2.45, 2.75) is 0 Å². The van der Waals surface area contributed by atoms with Crippen LogP contribution in [0.5, 0.6) is 0 Å². The molecule has 2 rings (SSSR count). The summed E-state index contributed by atoms with van der Waals surface area (Å²) in [6.07, 6.45) is 4.64. The van der Waals surface area contributed by atoms with E-state index in [1.165, 1.54) is 12.4 Å². The fraction of sp³-hybridized carbons (Fsp3) is 0.143. The van der Waals surface area contributed by atoms with Crippen LogP contribution in [0.2, 0.25) is 0 Å². The molecule has 0 aliphatic carbocycles. The third-order valence-corrected chi connectivity index (χ3v) is 1.66. The normalized spacial score (nSPS) is 10.6. The molecule has 0 N–H and O–H groups in total. The minimum absolute atomic E-state index is 0.768. The molecule has 0 amide bonds. The Balaban J connectivity index is 2.86. The average molecular weight is 149 g/mol. The van der Waals surface area contributed by atoms with Gasteiger partial charge in [0.15, 0.2) is 12.4 Å². The summed E-state index contributed by atoms with van der Waals surface area (Å²) in [5, 5.41) is 15.6. The fourth-order valence-corrected chi connectivity index (χ4v) is 1.09. The van der Waals surface area contributed by atoms with Gasteiger partial charge < -0.3 is 5.21 Å². The molecular formula is C7H7N3O. The van der Waals surface area contributed by atoms with Crippen LogP contribution in [0.1, 0.15) is 0 Å². The van der Waals surface area contributed by atoms with Crippen LogP contribution >= 0.6 is 0 Å². The maximum Gasteiger partial charge on any atom is 0.191 e. The summed E-state index contributed by atoms with van der Waals surface area (Å²) < 4.78 is 2.50. The van der Waals surface area contributed by atoms with Crippen molar-refractivity contribution in [1.29, 1.82) is 0 Å². The maximum absolute atomic E-state index is 10.8. The highest BCUT2D eigenvalue weighted by atomic mass is 16.5. The number of aromatic nitrogens is 3. The first-order valence-electron chi connectivity index (χ1n) is 3.28. The number of fused-ring (bicyclic) bond motifs is 1. The van der Waals surface area contributed by atoms with E-state index in [0.717, 1.165) is 15.6 Å². The van der Waals surface area contributed by atoms with Gasteiger partial charge in [0, 0.05) is 13.1 Å². The Labute approximate surface area is 63.3 Å². The number of pyridine rings is 1. The van der Waals surface area contributed by atoms with Gasteiger partial charge in [-0.3, -0.25) is 4.68 Å². The molecule has 11 heavy (non-hydrogen) atoms. The van der Waals surface area contributed by atoms with E-state index in [4.69, 9.17) is 0 Å². The molecule has 0 saturated carbocycles. The van der Waals surface area contributed by atoms with E-state index >= 15 is 0 Å². The van der Waals surface area contributed by atoms with E-state index in [-0.39, 0.29) is 0 Å². The van der Waals surface area contributed by atoms with E-state index in [2.05, 4.69) is 5.10 Å². The van der Waals surface area contributed by atoms with Crippen LogP contribution in [-0.4, -0.2) is 9.78 Å². The summed E-state index contributed by atoms with van der Waals surface area (Å²) >= 11 is 0. The first kappa shape index (κ1) is 6.15. The molecule has 0 saturated heterocycles. The summed E-state index contributed by atoms with van der Waals surface area (Å²) in [7, 11) is 1.84. The smallest absolute Gasteiger partial charge is 0.191 e. The Bertz CT molecular complexity index is 393. The molecule has 2 heterocycles. The second-order valence-electron chi connectivity index (χ2n) is 2.41. The molecule has 0 bridgehead atoms. The zero-order valence-electron chi connectivity index (χ0n) is 6.06. The summed E-state index contributed by atoms with van der Waals surface area (Å²) in [5.41, 5.74) is 0.970. The molecule has 0 spiro atoms. The van der Waals surface area contributed by atoms with Crippen LogP contribution in [0.15, 0.2) is 24.7 Å². The Morgan fingerprint density at radius 1 is 1.64 bits per heavy atom. The summed E-state index contributed by atoms with van der Waals surface area (Å²) in [4.78, 5) is 0. The number of hydrogen-bond acceptors (Lipinski definition) is 2. The van der Waals surface area contributed by atoms with Crippen molar-refractivity contribution < 1.29 is 4.73 Å². The van der Waals surface area contributed by atoms with Crippen molar-refractivity contribution in [3.05, 3.63) is 29.9 Å². The lowest BCUT2D eigenvalue weighted by molar-refractivity contribution is -0.603. The highest BCUT2D eigenvalue weighted by Gasteiger charge is 2.00. The Morgan fingerprint density at radius 3 is 3.27 bits per heavy atom. The number of nitrogens with zero attached hydrogens (tertiary/aromatic N) is 3. The molecule has 0 aliphatic rings. The monoisotopic (exact) mass is 149 g/mol. The standard InChI is InChI=1S/C7H7N3O/c1-9-7-2-3-10(11)5-6(7)4-8-9/h2-5H,1H3. The zero-order valence-corrected chi connectivity index (χ0v) is 6.06. The third-order valence-electron chi connectivity index (χ3n) is 1.66. The van der Waals surface area contributed by atoms with Crippen molar-refractivity contribution >= 4 is 10.9 Å². The van der Waals surface area contributed by atoms with Crippen molar-refractivity contribution in [2.75, 3.05) is 0 Å². The van der Waals surface area contributed by atoms with Gasteiger partial charge in [-0.1, -0.05) is 0 Å². The zero-order chi connectivity index (χ0) is 7.84. The van der Waals surface area contributed by atoms with Gasteiger partial charge in [0.05, 0.1) is 17.1 Å². The van der Waals surface area contributed by atoms with Crippen molar-refractivity contribution in [3.63, 3.8) is 0 Å². The van der Waals surface area contributed by atoms with Crippen molar-refractivity contribution in [3.8, 4) is 0 Å². The molecule has 2 aromatic rings. The van der Waals surface area contributed by atoms with Crippen LogP contribution in [0.4, 0.5) is 0 Å². The maximum atomic E-state index is 10.8. The number of hydrogen-bond donors (Lipinski definition) is 0. The molecule has 0 unspecified atom stereocenters. The lowest BCUT2D eigenvalue weighted by Crippen LogP contribution is -2.23. The van der Waals surface area contributed by atoms with Crippen molar-refractivity contribution in [2.24, 2.45) is 7.05 Å².